The molecule has 0 fully saturated rings. The molecule has 1 aromatic rings. The first-order valence-corrected chi connectivity index (χ1v) is 5.59. The second-order valence-corrected chi connectivity index (χ2v) is 3.74. The molecule has 0 aliphatic rings. The number of ether oxygens (including phenoxy) is 4. The monoisotopic (exact) mass is 270 g/mol. The maximum Gasteiger partial charge on any atom is 0.339 e. The van der Waals surface area contributed by atoms with E-state index >= 15 is 0 Å². The second-order valence-electron chi connectivity index (χ2n) is 3.74. The predicted molar refractivity (Wildman–Crippen MR) is 67.2 cm³/mol. The Morgan fingerprint density at radius 1 is 1.16 bits per heavy atom. The van der Waals surface area contributed by atoms with Gasteiger partial charge in [0.1, 0.15) is 0 Å². The summed E-state index contributed by atoms with van der Waals surface area (Å²) >= 11 is 0. The van der Waals surface area contributed by atoms with Crippen molar-refractivity contribution >= 4 is 5.97 Å². The van der Waals surface area contributed by atoms with Gasteiger partial charge in [-0.3, -0.25) is 0 Å². The first-order chi connectivity index (χ1) is 9.10. The van der Waals surface area contributed by atoms with Gasteiger partial charge in [0.05, 0.1) is 27.9 Å². The van der Waals surface area contributed by atoms with Crippen molar-refractivity contribution in [2.24, 2.45) is 0 Å². The molecule has 1 atom stereocenters. The van der Waals surface area contributed by atoms with Crippen molar-refractivity contribution in [3.05, 3.63) is 23.3 Å². The van der Waals surface area contributed by atoms with Crippen molar-refractivity contribution in [2.45, 2.75) is 12.7 Å². The zero-order chi connectivity index (χ0) is 14.4. The molecular formula is C13H18O6. The molecule has 19 heavy (non-hydrogen) atoms. The summed E-state index contributed by atoms with van der Waals surface area (Å²) in [4.78, 5) is 11.4. The van der Waals surface area contributed by atoms with Gasteiger partial charge in [-0.2, -0.15) is 0 Å². The third kappa shape index (κ3) is 3.15. The van der Waals surface area contributed by atoms with E-state index in [9.17, 15) is 9.90 Å². The average Bonchev–Trinajstić information content (AvgIpc) is 2.45. The van der Waals surface area contributed by atoms with Gasteiger partial charge in [-0.1, -0.05) is 12.1 Å². The predicted octanol–water partition coefficient (Wildman–Crippen LogP) is 1.06. The molecule has 0 heterocycles. The molecule has 0 radical (unpaired) electrons. The number of methoxy groups -OCH3 is 4. The fourth-order valence-electron chi connectivity index (χ4n) is 1.78. The molecule has 1 aromatic carbocycles. The van der Waals surface area contributed by atoms with E-state index in [-0.39, 0.29) is 11.3 Å². The molecule has 1 unspecified atom stereocenters. The largest absolute Gasteiger partial charge is 0.492 e. The Balaban J connectivity index is 3.30. The van der Waals surface area contributed by atoms with Crippen molar-refractivity contribution in [2.75, 3.05) is 28.4 Å². The molecular weight excluding hydrogens is 252 g/mol. The number of benzene rings is 1. The quantitative estimate of drug-likeness (QED) is 0.779. The molecule has 0 aliphatic heterocycles. The van der Waals surface area contributed by atoms with Crippen molar-refractivity contribution in [1.29, 1.82) is 0 Å². The Morgan fingerprint density at radius 3 is 2.26 bits per heavy atom. The molecule has 6 heteroatoms. The van der Waals surface area contributed by atoms with E-state index in [0.717, 1.165) is 5.56 Å². The second kappa shape index (κ2) is 6.96. The number of esters is 1. The van der Waals surface area contributed by atoms with Crippen LogP contribution in [-0.4, -0.2) is 39.5 Å². The lowest BCUT2D eigenvalue weighted by Gasteiger charge is -2.18. The minimum atomic E-state index is -1.43. The van der Waals surface area contributed by atoms with Gasteiger partial charge in [-0.05, 0) is 0 Å². The van der Waals surface area contributed by atoms with Crippen LogP contribution >= 0.6 is 0 Å². The first-order valence-electron chi connectivity index (χ1n) is 5.59. The van der Waals surface area contributed by atoms with Crippen LogP contribution in [0.3, 0.4) is 0 Å². The van der Waals surface area contributed by atoms with Crippen molar-refractivity contribution in [1.82, 2.24) is 0 Å². The average molecular weight is 270 g/mol. The molecule has 0 aliphatic carbocycles. The van der Waals surface area contributed by atoms with Crippen LogP contribution in [-0.2, 0) is 20.9 Å². The molecule has 0 saturated carbocycles. The Labute approximate surface area is 111 Å². The highest BCUT2D eigenvalue weighted by Gasteiger charge is 2.25. The van der Waals surface area contributed by atoms with Gasteiger partial charge in [0.25, 0.3) is 0 Å². The van der Waals surface area contributed by atoms with Crippen LogP contribution in [0.2, 0.25) is 0 Å². The zero-order valence-electron chi connectivity index (χ0n) is 11.4. The Kier molecular flexibility index (Phi) is 5.59. The summed E-state index contributed by atoms with van der Waals surface area (Å²) in [6, 6.07) is 3.28. The normalized spacial score (nSPS) is 11.8. The minimum absolute atomic E-state index is 0.283. The van der Waals surface area contributed by atoms with Gasteiger partial charge < -0.3 is 24.1 Å². The lowest BCUT2D eigenvalue weighted by atomic mass is 10.0. The summed E-state index contributed by atoms with van der Waals surface area (Å²) in [5.74, 6) is -0.0559. The Morgan fingerprint density at radius 2 is 1.79 bits per heavy atom. The molecule has 0 aromatic heterocycles. The summed E-state index contributed by atoms with van der Waals surface area (Å²) in [5.41, 5.74) is 1.04. The van der Waals surface area contributed by atoms with Gasteiger partial charge in [-0.15, -0.1) is 0 Å². The number of carbonyl (C=O) groups is 1. The number of aliphatic hydroxyl groups is 1. The number of hydrogen-bond acceptors (Lipinski definition) is 6. The SMILES string of the molecule is COCc1ccc(C(O)C(=O)OC)c(OC)c1OC. The van der Waals surface area contributed by atoms with Crippen LogP contribution in [0, 0.1) is 0 Å². The zero-order valence-corrected chi connectivity index (χ0v) is 11.4. The molecule has 106 valence electrons. The summed E-state index contributed by atoms with van der Waals surface area (Å²) in [5, 5.41) is 9.90. The van der Waals surface area contributed by atoms with Gasteiger partial charge >= 0.3 is 5.97 Å². The van der Waals surface area contributed by atoms with Crippen LogP contribution in [0.5, 0.6) is 11.5 Å². The summed E-state index contributed by atoms with van der Waals surface area (Å²) < 4.78 is 20.0. The first kappa shape index (κ1) is 15.3. The van der Waals surface area contributed by atoms with Gasteiger partial charge in [0, 0.05) is 18.2 Å². The number of rotatable bonds is 6. The fourth-order valence-corrected chi connectivity index (χ4v) is 1.78. The lowest BCUT2D eigenvalue weighted by Crippen LogP contribution is -2.15. The topological polar surface area (TPSA) is 74.2 Å². The van der Waals surface area contributed by atoms with E-state index in [1.165, 1.54) is 21.3 Å². The van der Waals surface area contributed by atoms with Gasteiger partial charge in [0.15, 0.2) is 17.6 Å². The summed E-state index contributed by atoms with van der Waals surface area (Å²) in [7, 11) is 5.67. The van der Waals surface area contributed by atoms with E-state index in [0.29, 0.717) is 12.4 Å². The van der Waals surface area contributed by atoms with E-state index < -0.39 is 12.1 Å². The van der Waals surface area contributed by atoms with E-state index in [4.69, 9.17) is 14.2 Å². The number of carbonyl (C=O) groups excluding carboxylic acids is 1. The van der Waals surface area contributed by atoms with Crippen LogP contribution in [0.1, 0.15) is 17.2 Å². The smallest absolute Gasteiger partial charge is 0.339 e. The highest BCUT2D eigenvalue weighted by Crippen LogP contribution is 2.38. The van der Waals surface area contributed by atoms with Crippen LogP contribution in [0.15, 0.2) is 12.1 Å². The van der Waals surface area contributed by atoms with Gasteiger partial charge in [-0.25, -0.2) is 4.79 Å². The van der Waals surface area contributed by atoms with E-state index in [1.807, 2.05) is 0 Å². The summed E-state index contributed by atoms with van der Waals surface area (Å²) in [6.07, 6.45) is -1.43. The minimum Gasteiger partial charge on any atom is -0.492 e. The number of hydrogen-bond donors (Lipinski definition) is 1. The maximum absolute atomic E-state index is 11.4. The molecule has 6 nitrogen and oxygen atoms in total. The fraction of sp³-hybridized carbons (Fsp3) is 0.462. The highest BCUT2D eigenvalue weighted by atomic mass is 16.5. The standard InChI is InChI=1S/C13H18O6/c1-16-7-8-5-6-9(10(14)13(15)19-4)12(18-3)11(8)17-2/h5-6,10,14H,7H2,1-4H3. The molecule has 1 rings (SSSR count). The van der Waals surface area contributed by atoms with Crippen molar-refractivity contribution in [3.63, 3.8) is 0 Å². The molecule has 1 N–H and O–H groups in total. The van der Waals surface area contributed by atoms with Crippen molar-refractivity contribution < 1.29 is 28.8 Å². The third-order valence-electron chi connectivity index (χ3n) is 2.65. The Bertz CT molecular complexity index is 443. The lowest BCUT2D eigenvalue weighted by molar-refractivity contribution is -0.150. The molecule has 0 bridgehead atoms. The molecule has 0 spiro atoms. The molecule has 0 amide bonds. The van der Waals surface area contributed by atoms with Crippen molar-refractivity contribution in [3.8, 4) is 11.5 Å². The third-order valence-corrected chi connectivity index (χ3v) is 2.65. The number of aliphatic hydroxyl groups excluding tert-OH is 1. The Hall–Kier alpha value is -1.79. The molecule has 0 saturated heterocycles. The highest BCUT2D eigenvalue weighted by molar-refractivity contribution is 5.78. The van der Waals surface area contributed by atoms with E-state index in [1.54, 1.807) is 19.2 Å². The van der Waals surface area contributed by atoms with Crippen LogP contribution in [0.4, 0.5) is 0 Å². The van der Waals surface area contributed by atoms with Crippen LogP contribution in [0.25, 0.3) is 0 Å². The maximum atomic E-state index is 11.4. The summed E-state index contributed by atoms with van der Waals surface area (Å²) in [6.45, 7) is 0.328. The van der Waals surface area contributed by atoms with Gasteiger partial charge in [0.2, 0.25) is 0 Å². The van der Waals surface area contributed by atoms with Crippen LogP contribution < -0.4 is 9.47 Å². The van der Waals surface area contributed by atoms with E-state index in [2.05, 4.69) is 4.74 Å².